The van der Waals surface area contributed by atoms with E-state index in [1.54, 1.807) is 7.05 Å². The maximum Gasteiger partial charge on any atom is 0.359 e. The molecule has 0 aromatic carbocycles. The van der Waals surface area contributed by atoms with Crippen molar-refractivity contribution in [3.63, 3.8) is 0 Å². The van der Waals surface area contributed by atoms with Crippen LogP contribution in [-0.2, 0) is 18.2 Å². The van der Waals surface area contributed by atoms with Gasteiger partial charge >= 0.3 is 5.97 Å². The molecular formula is C15H27N3O2. The van der Waals surface area contributed by atoms with Crippen molar-refractivity contribution in [3.05, 3.63) is 11.4 Å². The van der Waals surface area contributed by atoms with Crippen molar-refractivity contribution in [1.29, 1.82) is 0 Å². The van der Waals surface area contributed by atoms with Gasteiger partial charge in [-0.3, -0.25) is 4.68 Å². The number of unbranched alkanes of at least 4 members (excludes halogenated alkanes) is 3. The van der Waals surface area contributed by atoms with Crippen LogP contribution in [0.5, 0.6) is 0 Å². The lowest BCUT2D eigenvalue weighted by Crippen LogP contribution is -2.18. The van der Waals surface area contributed by atoms with Gasteiger partial charge in [0.25, 0.3) is 0 Å². The molecule has 0 radical (unpaired) electrons. The first kappa shape index (κ1) is 16.5. The average molecular weight is 281 g/mol. The minimum absolute atomic E-state index is 0.0845. The topological polar surface area (TPSA) is 70.1 Å². The third-order valence-electron chi connectivity index (χ3n) is 3.46. The minimum atomic E-state index is -0.375. The second-order valence-corrected chi connectivity index (χ2v) is 5.25. The molecule has 0 aliphatic rings. The number of nitrogens with zero attached hydrogens (tertiary/aromatic N) is 2. The molecule has 114 valence electrons. The summed E-state index contributed by atoms with van der Waals surface area (Å²) in [5.74, 6) is -0.375. The van der Waals surface area contributed by atoms with Crippen LogP contribution in [-0.4, -0.2) is 21.9 Å². The van der Waals surface area contributed by atoms with Gasteiger partial charge in [-0.1, -0.05) is 33.1 Å². The molecule has 1 aromatic rings. The molecule has 0 saturated carbocycles. The molecule has 0 bridgehead atoms. The van der Waals surface area contributed by atoms with Crippen LogP contribution in [0.4, 0.5) is 5.69 Å². The van der Waals surface area contributed by atoms with Crippen LogP contribution >= 0.6 is 0 Å². The molecule has 1 heterocycles. The molecule has 0 spiro atoms. The molecule has 5 nitrogen and oxygen atoms in total. The number of carbonyl (C=O) groups is 1. The highest BCUT2D eigenvalue weighted by molar-refractivity contribution is 5.93. The summed E-state index contributed by atoms with van der Waals surface area (Å²) < 4.78 is 6.97. The summed E-state index contributed by atoms with van der Waals surface area (Å²) in [5.41, 5.74) is 7.50. The highest BCUT2D eigenvalue weighted by Crippen LogP contribution is 2.19. The zero-order valence-electron chi connectivity index (χ0n) is 13.1. The molecule has 2 N–H and O–H groups in total. The van der Waals surface area contributed by atoms with Gasteiger partial charge in [-0.25, -0.2) is 4.79 Å². The highest BCUT2D eigenvalue weighted by atomic mass is 16.5. The van der Waals surface area contributed by atoms with Gasteiger partial charge in [0.2, 0.25) is 0 Å². The smallest absolute Gasteiger partial charge is 0.359 e. The van der Waals surface area contributed by atoms with E-state index in [0.29, 0.717) is 17.8 Å². The Morgan fingerprint density at radius 1 is 1.35 bits per heavy atom. The monoisotopic (exact) mass is 281 g/mol. The van der Waals surface area contributed by atoms with E-state index >= 15 is 0 Å². The second-order valence-electron chi connectivity index (χ2n) is 5.25. The fourth-order valence-corrected chi connectivity index (χ4v) is 2.26. The number of ether oxygens (including phenoxy) is 1. The SMILES string of the molecule is CCCCCCC(C)OC(=O)c1c(N)c(CC)nn1C. The van der Waals surface area contributed by atoms with Crippen molar-refractivity contribution in [1.82, 2.24) is 9.78 Å². The first-order chi connectivity index (χ1) is 9.51. The summed E-state index contributed by atoms with van der Waals surface area (Å²) in [6.07, 6.45) is 6.23. The van der Waals surface area contributed by atoms with Crippen molar-refractivity contribution >= 4 is 11.7 Å². The number of carbonyl (C=O) groups excluding carboxylic acids is 1. The van der Waals surface area contributed by atoms with Gasteiger partial charge in [0.05, 0.1) is 17.5 Å². The molecule has 0 aliphatic heterocycles. The number of hydrogen-bond donors (Lipinski definition) is 1. The Hall–Kier alpha value is -1.52. The van der Waals surface area contributed by atoms with Crippen LogP contribution in [0.15, 0.2) is 0 Å². The largest absolute Gasteiger partial charge is 0.458 e. The van der Waals surface area contributed by atoms with Gasteiger partial charge in [-0.15, -0.1) is 0 Å². The zero-order chi connectivity index (χ0) is 15.1. The van der Waals surface area contributed by atoms with Crippen molar-refractivity contribution in [3.8, 4) is 0 Å². The number of esters is 1. The molecule has 0 aliphatic carbocycles. The van der Waals surface area contributed by atoms with E-state index in [4.69, 9.17) is 10.5 Å². The Bertz CT molecular complexity index is 441. The fourth-order valence-electron chi connectivity index (χ4n) is 2.26. The molecular weight excluding hydrogens is 254 g/mol. The molecule has 0 fully saturated rings. The summed E-state index contributed by atoms with van der Waals surface area (Å²) >= 11 is 0. The van der Waals surface area contributed by atoms with Crippen LogP contribution in [0.25, 0.3) is 0 Å². The van der Waals surface area contributed by atoms with Gasteiger partial charge in [-0.2, -0.15) is 5.10 Å². The molecule has 0 amide bonds. The Labute approximate surface area is 121 Å². The highest BCUT2D eigenvalue weighted by Gasteiger charge is 2.22. The number of nitrogen functional groups attached to an aromatic ring is 1. The quantitative estimate of drug-likeness (QED) is 0.587. The fraction of sp³-hybridized carbons (Fsp3) is 0.733. The van der Waals surface area contributed by atoms with Crippen molar-refractivity contribution in [2.75, 3.05) is 5.73 Å². The number of aryl methyl sites for hydroxylation is 2. The van der Waals surface area contributed by atoms with Gasteiger partial charge in [0.15, 0.2) is 5.69 Å². The first-order valence-electron chi connectivity index (χ1n) is 7.53. The summed E-state index contributed by atoms with van der Waals surface area (Å²) in [6, 6.07) is 0. The van der Waals surface area contributed by atoms with Gasteiger partial charge in [0.1, 0.15) is 0 Å². The predicted molar refractivity (Wildman–Crippen MR) is 80.6 cm³/mol. The van der Waals surface area contributed by atoms with E-state index in [9.17, 15) is 4.79 Å². The summed E-state index contributed by atoms with van der Waals surface area (Å²) in [5, 5.41) is 4.23. The van der Waals surface area contributed by atoms with Crippen LogP contribution in [0.3, 0.4) is 0 Å². The van der Waals surface area contributed by atoms with Crippen molar-refractivity contribution < 1.29 is 9.53 Å². The van der Waals surface area contributed by atoms with E-state index < -0.39 is 0 Å². The number of nitrogens with two attached hydrogens (primary N) is 1. The summed E-state index contributed by atoms with van der Waals surface area (Å²) in [6.45, 7) is 6.07. The molecule has 1 aromatic heterocycles. The minimum Gasteiger partial charge on any atom is -0.458 e. The van der Waals surface area contributed by atoms with E-state index in [1.807, 2.05) is 13.8 Å². The van der Waals surface area contributed by atoms with E-state index in [1.165, 1.54) is 23.9 Å². The Morgan fingerprint density at radius 3 is 2.60 bits per heavy atom. The third kappa shape index (κ3) is 4.25. The Kier molecular flexibility index (Phi) is 6.55. The number of aromatic nitrogens is 2. The molecule has 20 heavy (non-hydrogen) atoms. The third-order valence-corrected chi connectivity index (χ3v) is 3.46. The second kappa shape index (κ2) is 7.92. The van der Waals surface area contributed by atoms with Gasteiger partial charge in [-0.05, 0) is 26.2 Å². The molecule has 0 saturated heterocycles. The molecule has 1 unspecified atom stereocenters. The van der Waals surface area contributed by atoms with Crippen molar-refractivity contribution in [2.24, 2.45) is 7.05 Å². The van der Waals surface area contributed by atoms with Crippen LogP contribution in [0.2, 0.25) is 0 Å². The number of anilines is 1. The lowest BCUT2D eigenvalue weighted by atomic mass is 10.1. The van der Waals surface area contributed by atoms with E-state index in [0.717, 1.165) is 18.5 Å². The molecule has 1 rings (SSSR count). The van der Waals surface area contributed by atoms with Crippen molar-refractivity contribution in [2.45, 2.75) is 65.4 Å². The average Bonchev–Trinajstić information content (AvgIpc) is 2.69. The van der Waals surface area contributed by atoms with Crippen LogP contribution < -0.4 is 5.73 Å². The van der Waals surface area contributed by atoms with Crippen LogP contribution in [0.1, 0.15) is 69.1 Å². The Balaban J connectivity index is 2.56. The lowest BCUT2D eigenvalue weighted by Gasteiger charge is -2.13. The number of rotatable bonds is 8. The normalized spacial score (nSPS) is 12.4. The van der Waals surface area contributed by atoms with Crippen LogP contribution in [0, 0.1) is 0 Å². The molecule has 5 heteroatoms. The maximum atomic E-state index is 12.2. The van der Waals surface area contributed by atoms with E-state index in [-0.39, 0.29) is 12.1 Å². The number of hydrogen-bond acceptors (Lipinski definition) is 4. The standard InChI is InChI=1S/C15H27N3O2/c1-5-7-8-9-10-11(3)20-15(19)14-13(16)12(6-2)17-18(14)4/h11H,5-10,16H2,1-4H3. The maximum absolute atomic E-state index is 12.2. The Morgan fingerprint density at radius 2 is 2.05 bits per heavy atom. The van der Waals surface area contributed by atoms with Gasteiger partial charge in [0, 0.05) is 7.05 Å². The summed E-state index contributed by atoms with van der Waals surface area (Å²) in [4.78, 5) is 12.2. The first-order valence-corrected chi connectivity index (χ1v) is 7.53. The lowest BCUT2D eigenvalue weighted by molar-refractivity contribution is 0.0308. The molecule has 1 atom stereocenters. The zero-order valence-corrected chi connectivity index (χ0v) is 13.1. The summed E-state index contributed by atoms with van der Waals surface area (Å²) in [7, 11) is 1.72. The van der Waals surface area contributed by atoms with E-state index in [2.05, 4.69) is 12.0 Å². The van der Waals surface area contributed by atoms with Gasteiger partial charge < -0.3 is 10.5 Å². The predicted octanol–water partition coefficient (Wildman–Crippen LogP) is 3.08.